The Morgan fingerprint density at radius 2 is 2.00 bits per heavy atom. The van der Waals surface area contributed by atoms with Gasteiger partial charge in [-0.2, -0.15) is 0 Å². The largest absolute Gasteiger partial charge is 0.506 e. The van der Waals surface area contributed by atoms with Crippen molar-refractivity contribution in [3.8, 4) is 11.5 Å². The summed E-state index contributed by atoms with van der Waals surface area (Å²) in [6, 6.07) is 13.2. The zero-order chi connectivity index (χ0) is 19.4. The number of carbonyl (C=O) groups excluding carboxylic acids is 1. The van der Waals surface area contributed by atoms with E-state index in [1.165, 1.54) is 12.8 Å². The highest BCUT2D eigenvalue weighted by Crippen LogP contribution is 2.24. The summed E-state index contributed by atoms with van der Waals surface area (Å²) in [6.07, 6.45) is 5.10. The van der Waals surface area contributed by atoms with Crippen molar-refractivity contribution in [2.24, 2.45) is 5.73 Å². The van der Waals surface area contributed by atoms with Crippen LogP contribution in [0.4, 0.5) is 5.69 Å². The third kappa shape index (κ3) is 7.57. The number of benzene rings is 2. The predicted molar refractivity (Wildman–Crippen MR) is 107 cm³/mol. The fourth-order valence-electron chi connectivity index (χ4n) is 2.42. The maximum atomic E-state index is 10.3. The monoisotopic (exact) mass is 358 g/mol. The number of amides is 1. The van der Waals surface area contributed by atoms with Crippen LogP contribution in [0.1, 0.15) is 50.3 Å². The Bertz CT molecular complexity index is 672. The van der Waals surface area contributed by atoms with Crippen molar-refractivity contribution in [1.82, 2.24) is 0 Å². The van der Waals surface area contributed by atoms with Crippen molar-refractivity contribution in [1.29, 1.82) is 0 Å². The van der Waals surface area contributed by atoms with Gasteiger partial charge in [0.05, 0.1) is 12.8 Å². The molecule has 1 amide bonds. The molecule has 0 saturated carbocycles. The van der Waals surface area contributed by atoms with Gasteiger partial charge >= 0.3 is 0 Å². The van der Waals surface area contributed by atoms with E-state index >= 15 is 0 Å². The van der Waals surface area contributed by atoms with Gasteiger partial charge in [-0.25, -0.2) is 0 Å². The Hall–Kier alpha value is -2.53. The zero-order valence-electron chi connectivity index (χ0n) is 15.9. The lowest BCUT2D eigenvalue weighted by Crippen LogP contribution is -2.04. The predicted octanol–water partition coefficient (Wildman–Crippen LogP) is 4.41. The first-order valence-electron chi connectivity index (χ1n) is 8.93. The van der Waals surface area contributed by atoms with Crippen molar-refractivity contribution in [2.75, 3.05) is 12.4 Å². The molecule has 0 aromatic heterocycles. The van der Waals surface area contributed by atoms with E-state index in [-0.39, 0.29) is 11.8 Å². The lowest BCUT2D eigenvalue weighted by atomic mass is 10.1. The van der Waals surface area contributed by atoms with Crippen LogP contribution in [0.15, 0.2) is 42.5 Å². The summed E-state index contributed by atoms with van der Waals surface area (Å²) in [7, 11) is 1.65. The number of ether oxygens (including phenoxy) is 1. The normalized spacial score (nSPS) is 11.1. The molecule has 1 atom stereocenters. The first kappa shape index (κ1) is 21.5. The van der Waals surface area contributed by atoms with Gasteiger partial charge in [-0.15, -0.1) is 0 Å². The van der Waals surface area contributed by atoms with Gasteiger partial charge in [0.25, 0.3) is 0 Å². The fourth-order valence-corrected chi connectivity index (χ4v) is 2.42. The molecule has 0 radical (unpaired) electrons. The second-order valence-corrected chi connectivity index (χ2v) is 6.14. The number of phenols is 1. The topological polar surface area (TPSA) is 84.6 Å². The summed E-state index contributed by atoms with van der Waals surface area (Å²) in [5.41, 5.74) is 8.41. The number of nitrogens with two attached hydrogens (primary N) is 1. The molecule has 0 aliphatic carbocycles. The van der Waals surface area contributed by atoms with Crippen LogP contribution in [-0.4, -0.2) is 18.6 Å². The number of methoxy groups -OCH3 is 1. The molecule has 0 aliphatic heterocycles. The Morgan fingerprint density at radius 1 is 1.23 bits per heavy atom. The molecule has 4 N–H and O–H groups in total. The number of aromatic hydroxyl groups is 1. The Kier molecular flexibility index (Phi) is 9.87. The molecule has 0 aliphatic rings. The van der Waals surface area contributed by atoms with Gasteiger partial charge in [0.1, 0.15) is 11.5 Å². The summed E-state index contributed by atoms with van der Waals surface area (Å²) in [5, 5.41) is 11.9. The number of hydrogen-bond acceptors (Lipinski definition) is 4. The van der Waals surface area contributed by atoms with E-state index in [1.54, 1.807) is 13.2 Å². The highest BCUT2D eigenvalue weighted by Gasteiger charge is 2.01. The molecule has 5 nitrogen and oxygen atoms in total. The van der Waals surface area contributed by atoms with E-state index < -0.39 is 0 Å². The standard InChI is InChI=1S/C12H17NO2.C9H13NO/c1-2-3-4-5-10-6-7-12(15)11(8-10)13-9-14;1-7(10)8-4-3-5-9(6-8)11-2/h6-9,15H,2-5H2,1H3,(H,13,14);3-7H,10H2,1-2H3. The third-order valence-electron chi connectivity index (χ3n) is 3.96. The van der Waals surface area contributed by atoms with Crippen LogP contribution in [0.3, 0.4) is 0 Å². The summed E-state index contributed by atoms with van der Waals surface area (Å²) in [5.74, 6) is 0.973. The molecule has 2 aromatic rings. The summed E-state index contributed by atoms with van der Waals surface area (Å²) < 4.78 is 5.05. The minimum Gasteiger partial charge on any atom is -0.506 e. The van der Waals surface area contributed by atoms with Crippen LogP contribution >= 0.6 is 0 Å². The van der Waals surface area contributed by atoms with Gasteiger partial charge in [0.15, 0.2) is 0 Å². The highest BCUT2D eigenvalue weighted by atomic mass is 16.5. The number of aryl methyl sites for hydroxylation is 1. The molecule has 0 bridgehead atoms. The number of anilines is 1. The Balaban J connectivity index is 0.000000273. The molecule has 0 saturated heterocycles. The quantitative estimate of drug-likeness (QED) is 0.371. The van der Waals surface area contributed by atoms with Crippen molar-refractivity contribution in [3.63, 3.8) is 0 Å². The fraction of sp³-hybridized carbons (Fsp3) is 0.381. The van der Waals surface area contributed by atoms with E-state index in [9.17, 15) is 9.90 Å². The zero-order valence-corrected chi connectivity index (χ0v) is 15.9. The van der Waals surface area contributed by atoms with Gasteiger partial charge in [-0.1, -0.05) is 38.0 Å². The number of nitrogens with one attached hydrogen (secondary N) is 1. The molecule has 142 valence electrons. The van der Waals surface area contributed by atoms with Crippen LogP contribution in [0.5, 0.6) is 11.5 Å². The van der Waals surface area contributed by atoms with E-state index in [1.807, 2.05) is 43.3 Å². The van der Waals surface area contributed by atoms with Gasteiger partial charge in [-0.05, 0) is 55.2 Å². The second-order valence-electron chi connectivity index (χ2n) is 6.14. The average Bonchev–Trinajstić information content (AvgIpc) is 2.65. The molecule has 0 spiro atoms. The lowest BCUT2D eigenvalue weighted by Gasteiger charge is -2.06. The third-order valence-corrected chi connectivity index (χ3v) is 3.96. The van der Waals surface area contributed by atoms with E-state index in [4.69, 9.17) is 10.5 Å². The van der Waals surface area contributed by atoms with E-state index in [2.05, 4.69) is 12.2 Å². The maximum Gasteiger partial charge on any atom is 0.211 e. The molecule has 5 heteroatoms. The van der Waals surface area contributed by atoms with Crippen LogP contribution < -0.4 is 15.8 Å². The van der Waals surface area contributed by atoms with Crippen molar-refractivity contribution in [2.45, 2.75) is 45.6 Å². The first-order chi connectivity index (χ1) is 12.5. The SMILES string of the molecule is CCCCCc1ccc(O)c(NC=O)c1.COc1cccc(C(C)N)c1. The minimum atomic E-state index is 0.0742. The highest BCUT2D eigenvalue weighted by molar-refractivity contribution is 5.75. The lowest BCUT2D eigenvalue weighted by molar-refractivity contribution is -0.105. The number of carbonyl (C=O) groups is 1. The van der Waals surface area contributed by atoms with Crippen LogP contribution in [0.25, 0.3) is 0 Å². The van der Waals surface area contributed by atoms with Crippen molar-refractivity contribution < 1.29 is 14.6 Å². The molecule has 2 aromatic carbocycles. The molecule has 0 fully saturated rings. The average molecular weight is 358 g/mol. The summed E-state index contributed by atoms with van der Waals surface area (Å²) in [4.78, 5) is 10.3. The molecular formula is C21H30N2O3. The van der Waals surface area contributed by atoms with Crippen LogP contribution in [0, 0.1) is 0 Å². The summed E-state index contributed by atoms with van der Waals surface area (Å²) in [6.45, 7) is 4.12. The molecular weight excluding hydrogens is 328 g/mol. The van der Waals surface area contributed by atoms with Crippen molar-refractivity contribution in [3.05, 3.63) is 53.6 Å². The second kappa shape index (κ2) is 11.9. The van der Waals surface area contributed by atoms with Crippen molar-refractivity contribution >= 4 is 12.1 Å². The molecule has 2 rings (SSSR count). The summed E-state index contributed by atoms with van der Waals surface area (Å²) >= 11 is 0. The number of rotatable bonds is 8. The smallest absolute Gasteiger partial charge is 0.211 e. The molecule has 26 heavy (non-hydrogen) atoms. The maximum absolute atomic E-state index is 10.3. The number of hydrogen-bond donors (Lipinski definition) is 3. The number of unbranched alkanes of at least 4 members (excludes halogenated alkanes) is 2. The Labute approximate surface area is 156 Å². The minimum absolute atomic E-state index is 0.0742. The molecule has 1 unspecified atom stereocenters. The number of phenolic OH excluding ortho intramolecular Hbond substituents is 1. The van der Waals surface area contributed by atoms with Crippen LogP contribution in [0.2, 0.25) is 0 Å². The van der Waals surface area contributed by atoms with Gasteiger partial charge in [-0.3, -0.25) is 4.79 Å². The Morgan fingerprint density at radius 3 is 2.62 bits per heavy atom. The van der Waals surface area contributed by atoms with Gasteiger partial charge in [0.2, 0.25) is 6.41 Å². The first-order valence-corrected chi connectivity index (χ1v) is 8.93. The van der Waals surface area contributed by atoms with E-state index in [0.717, 1.165) is 29.7 Å². The van der Waals surface area contributed by atoms with Gasteiger partial charge < -0.3 is 20.9 Å². The molecule has 0 heterocycles. The van der Waals surface area contributed by atoms with Gasteiger partial charge in [0, 0.05) is 6.04 Å². The van der Waals surface area contributed by atoms with E-state index in [0.29, 0.717) is 12.1 Å². The van der Waals surface area contributed by atoms with Crippen LogP contribution in [-0.2, 0) is 11.2 Å².